The maximum atomic E-state index is 14.7. The van der Waals surface area contributed by atoms with E-state index < -0.39 is 17.7 Å². The monoisotopic (exact) mass is 541 g/mol. The molecule has 0 aliphatic carbocycles. The van der Waals surface area contributed by atoms with Gasteiger partial charge >= 0.3 is 6.03 Å². The number of anilines is 3. The first kappa shape index (κ1) is 24.3. The van der Waals surface area contributed by atoms with Crippen LogP contribution < -0.4 is 21.5 Å². The molecule has 0 unspecified atom stereocenters. The zero-order valence-corrected chi connectivity index (χ0v) is 20.7. The SMILES string of the molecule is CNc1cc2c(C(C)C)c(=O)n(-c3cc(NC(=O)Nc4ccccc4F)c(F)cc3Br)cc2cn1. The summed E-state index contributed by atoms with van der Waals surface area (Å²) in [5.74, 6) is -0.832. The number of para-hydroxylation sites is 1. The fourth-order valence-electron chi connectivity index (χ4n) is 3.77. The molecule has 4 rings (SSSR count). The topological polar surface area (TPSA) is 88.0 Å². The standard InChI is InChI=1S/C25H22BrF2N5O2/c1-13(2)23-15-8-22(29-3)30-11-14(15)12-33(24(23)34)21-10-20(18(28)9-16(21)26)32-25(35)31-19-7-5-4-6-17(19)27/h4-13,29H,1-3H3,(H2,31,32,35). The molecule has 3 N–H and O–H groups in total. The first-order valence-corrected chi connectivity index (χ1v) is 11.5. The molecule has 2 amide bonds. The van der Waals surface area contributed by atoms with E-state index in [1.807, 2.05) is 19.9 Å². The lowest BCUT2D eigenvalue weighted by molar-refractivity contribution is 0.262. The zero-order chi connectivity index (χ0) is 25.3. The van der Waals surface area contributed by atoms with Crippen molar-refractivity contribution < 1.29 is 13.6 Å². The molecule has 0 aliphatic rings. The predicted octanol–water partition coefficient (Wildman–Crippen LogP) is 6.24. The largest absolute Gasteiger partial charge is 0.373 e. The third-order valence-electron chi connectivity index (χ3n) is 5.44. The minimum Gasteiger partial charge on any atom is -0.373 e. The number of benzene rings is 2. The minimum absolute atomic E-state index is 0.0523. The second kappa shape index (κ2) is 9.83. The lowest BCUT2D eigenvalue weighted by Crippen LogP contribution is -2.24. The zero-order valence-electron chi connectivity index (χ0n) is 19.1. The Hall–Kier alpha value is -3.79. The maximum Gasteiger partial charge on any atom is 0.323 e. The molecule has 2 aromatic heterocycles. The first-order valence-electron chi connectivity index (χ1n) is 10.7. The summed E-state index contributed by atoms with van der Waals surface area (Å²) in [7, 11) is 1.75. The van der Waals surface area contributed by atoms with Gasteiger partial charge in [0.15, 0.2) is 0 Å². The highest BCUT2D eigenvalue weighted by molar-refractivity contribution is 9.10. The highest BCUT2D eigenvalue weighted by atomic mass is 79.9. The number of fused-ring (bicyclic) bond motifs is 1. The number of aromatic nitrogens is 2. The number of pyridine rings is 2. The molecule has 2 heterocycles. The van der Waals surface area contributed by atoms with Crippen molar-refractivity contribution in [3.05, 3.63) is 86.9 Å². The summed E-state index contributed by atoms with van der Waals surface area (Å²) in [5, 5.41) is 9.19. The van der Waals surface area contributed by atoms with Crippen molar-refractivity contribution in [1.82, 2.24) is 9.55 Å². The number of halogens is 3. The molecule has 180 valence electrons. The summed E-state index contributed by atoms with van der Waals surface area (Å²) in [5.41, 5.74) is 0.376. The molecule has 2 aromatic carbocycles. The number of nitrogens with zero attached hydrogens (tertiary/aromatic N) is 2. The van der Waals surface area contributed by atoms with Crippen LogP contribution in [0.3, 0.4) is 0 Å². The highest BCUT2D eigenvalue weighted by Gasteiger charge is 2.19. The Kier molecular flexibility index (Phi) is 6.83. The Morgan fingerprint density at radius 3 is 2.46 bits per heavy atom. The van der Waals surface area contributed by atoms with Gasteiger partial charge in [-0.3, -0.25) is 9.36 Å². The first-order chi connectivity index (χ1) is 16.7. The molecular weight excluding hydrogens is 520 g/mol. The van der Waals surface area contributed by atoms with Crippen LogP contribution in [0.5, 0.6) is 0 Å². The fourth-order valence-corrected chi connectivity index (χ4v) is 4.28. The predicted molar refractivity (Wildman–Crippen MR) is 138 cm³/mol. The van der Waals surface area contributed by atoms with Gasteiger partial charge in [-0.05, 0) is 57.6 Å². The smallest absolute Gasteiger partial charge is 0.323 e. The Balaban J connectivity index is 1.79. The molecule has 4 aromatic rings. The van der Waals surface area contributed by atoms with Gasteiger partial charge in [-0.15, -0.1) is 0 Å². The number of urea groups is 1. The fraction of sp³-hybridized carbons (Fsp3) is 0.160. The van der Waals surface area contributed by atoms with E-state index in [2.05, 4.69) is 36.9 Å². The number of rotatable bonds is 5. The lowest BCUT2D eigenvalue weighted by Gasteiger charge is -2.17. The van der Waals surface area contributed by atoms with Crippen LogP contribution in [0.1, 0.15) is 25.3 Å². The van der Waals surface area contributed by atoms with Crippen LogP contribution in [0.25, 0.3) is 16.5 Å². The number of amides is 2. The van der Waals surface area contributed by atoms with E-state index in [1.54, 1.807) is 25.5 Å². The number of hydrogen-bond acceptors (Lipinski definition) is 4. The summed E-state index contributed by atoms with van der Waals surface area (Å²) in [6.07, 6.45) is 3.28. The van der Waals surface area contributed by atoms with Gasteiger partial charge < -0.3 is 16.0 Å². The molecule has 0 aliphatic heterocycles. The molecule has 0 atom stereocenters. The van der Waals surface area contributed by atoms with Crippen molar-refractivity contribution in [3.8, 4) is 5.69 Å². The van der Waals surface area contributed by atoms with Gasteiger partial charge in [0.25, 0.3) is 5.56 Å². The summed E-state index contributed by atoms with van der Waals surface area (Å²) in [6, 6.07) is 9.10. The lowest BCUT2D eigenvalue weighted by atomic mass is 9.99. The molecule has 7 nitrogen and oxygen atoms in total. The van der Waals surface area contributed by atoms with E-state index in [1.165, 1.54) is 28.8 Å². The van der Waals surface area contributed by atoms with Crippen LogP contribution >= 0.6 is 15.9 Å². The second-order valence-corrected chi connectivity index (χ2v) is 8.98. The van der Waals surface area contributed by atoms with Crippen LogP contribution in [0.2, 0.25) is 0 Å². The van der Waals surface area contributed by atoms with Crippen molar-refractivity contribution in [2.45, 2.75) is 19.8 Å². The van der Waals surface area contributed by atoms with Gasteiger partial charge in [0.2, 0.25) is 0 Å². The van der Waals surface area contributed by atoms with Crippen LogP contribution in [-0.2, 0) is 0 Å². The van der Waals surface area contributed by atoms with E-state index in [9.17, 15) is 18.4 Å². The normalized spacial score (nSPS) is 11.1. The quantitative estimate of drug-likeness (QED) is 0.279. The Morgan fingerprint density at radius 1 is 1.06 bits per heavy atom. The number of carbonyl (C=O) groups excluding carboxylic acids is 1. The van der Waals surface area contributed by atoms with E-state index >= 15 is 0 Å². The third-order valence-corrected chi connectivity index (χ3v) is 6.08. The maximum absolute atomic E-state index is 14.7. The average Bonchev–Trinajstić information content (AvgIpc) is 2.81. The second-order valence-electron chi connectivity index (χ2n) is 8.12. The Morgan fingerprint density at radius 2 is 1.77 bits per heavy atom. The average molecular weight is 542 g/mol. The summed E-state index contributed by atoms with van der Waals surface area (Å²) >= 11 is 3.33. The van der Waals surface area contributed by atoms with Crippen LogP contribution in [0.4, 0.5) is 30.8 Å². The van der Waals surface area contributed by atoms with Crippen LogP contribution in [0, 0.1) is 11.6 Å². The molecule has 10 heteroatoms. The number of nitrogens with one attached hydrogen (secondary N) is 3. The molecular formula is C25H22BrF2N5O2. The van der Waals surface area contributed by atoms with Gasteiger partial charge in [-0.1, -0.05) is 26.0 Å². The van der Waals surface area contributed by atoms with E-state index in [0.29, 0.717) is 21.5 Å². The van der Waals surface area contributed by atoms with Gasteiger partial charge in [0.1, 0.15) is 17.5 Å². The highest BCUT2D eigenvalue weighted by Crippen LogP contribution is 2.30. The van der Waals surface area contributed by atoms with Gasteiger partial charge in [0.05, 0.1) is 17.1 Å². The molecule has 35 heavy (non-hydrogen) atoms. The van der Waals surface area contributed by atoms with Gasteiger partial charge in [-0.25, -0.2) is 18.6 Å². The number of carbonyl (C=O) groups is 1. The van der Waals surface area contributed by atoms with Crippen LogP contribution in [-0.4, -0.2) is 22.6 Å². The van der Waals surface area contributed by atoms with Crippen LogP contribution in [0.15, 0.2) is 64.1 Å². The summed E-state index contributed by atoms with van der Waals surface area (Å²) < 4.78 is 30.3. The molecule has 0 fully saturated rings. The van der Waals surface area contributed by atoms with Crippen molar-refractivity contribution >= 4 is 49.9 Å². The van der Waals surface area contributed by atoms with Gasteiger partial charge in [-0.2, -0.15) is 0 Å². The van der Waals surface area contributed by atoms with Crippen molar-refractivity contribution in [1.29, 1.82) is 0 Å². The summed E-state index contributed by atoms with van der Waals surface area (Å²) in [6.45, 7) is 3.83. The van der Waals surface area contributed by atoms with E-state index in [0.717, 1.165) is 16.8 Å². The Bertz CT molecular complexity index is 1500. The molecule has 0 spiro atoms. The van der Waals surface area contributed by atoms with E-state index in [4.69, 9.17) is 0 Å². The minimum atomic E-state index is -0.834. The van der Waals surface area contributed by atoms with Crippen molar-refractivity contribution in [2.75, 3.05) is 23.0 Å². The molecule has 0 bridgehead atoms. The number of hydrogen-bond donors (Lipinski definition) is 3. The molecule has 0 radical (unpaired) electrons. The van der Waals surface area contributed by atoms with E-state index in [-0.39, 0.29) is 22.9 Å². The Labute approximate surface area is 208 Å². The van der Waals surface area contributed by atoms with Gasteiger partial charge in [0, 0.05) is 34.9 Å². The molecule has 0 saturated heterocycles. The third kappa shape index (κ3) is 4.88. The summed E-state index contributed by atoms with van der Waals surface area (Å²) in [4.78, 5) is 30.3. The van der Waals surface area contributed by atoms with Crippen molar-refractivity contribution in [2.24, 2.45) is 0 Å². The van der Waals surface area contributed by atoms with Crippen molar-refractivity contribution in [3.63, 3.8) is 0 Å². The molecule has 0 saturated carbocycles.